The first-order chi connectivity index (χ1) is 13.9. The second kappa shape index (κ2) is 7.93. The number of fused-ring (bicyclic) bond motifs is 1. The minimum atomic E-state index is -4.02. The van der Waals surface area contributed by atoms with Crippen molar-refractivity contribution in [3.8, 4) is 11.4 Å². The van der Waals surface area contributed by atoms with Crippen LogP contribution in [0.1, 0.15) is 25.1 Å². The van der Waals surface area contributed by atoms with Crippen molar-refractivity contribution in [1.82, 2.24) is 14.8 Å². The molecule has 0 radical (unpaired) electrons. The monoisotopic (exact) mass is 454 g/mol. The SMILES string of the molecule is O=S(=O)(Nc1ccc(F)c(-c2nnc3n2CCCCC3)c1)c1cccc(Cl)c1Cl. The minimum Gasteiger partial charge on any atom is -0.311 e. The number of hydrogen-bond acceptors (Lipinski definition) is 4. The van der Waals surface area contributed by atoms with Gasteiger partial charge in [-0.25, -0.2) is 12.8 Å². The Kier molecular flexibility index (Phi) is 5.50. The molecule has 0 atom stereocenters. The van der Waals surface area contributed by atoms with Crippen LogP contribution in [-0.4, -0.2) is 23.2 Å². The number of rotatable bonds is 4. The highest BCUT2D eigenvalue weighted by atomic mass is 35.5. The lowest BCUT2D eigenvalue weighted by Gasteiger charge is -2.12. The third-order valence-electron chi connectivity index (χ3n) is 4.77. The smallest absolute Gasteiger partial charge is 0.263 e. The van der Waals surface area contributed by atoms with Crippen molar-refractivity contribution >= 4 is 38.9 Å². The number of nitrogens with zero attached hydrogens (tertiary/aromatic N) is 3. The van der Waals surface area contributed by atoms with Gasteiger partial charge in [0.25, 0.3) is 10.0 Å². The topological polar surface area (TPSA) is 76.9 Å². The molecule has 4 rings (SSSR count). The number of sulfonamides is 1. The van der Waals surface area contributed by atoms with Crippen LogP contribution >= 0.6 is 23.2 Å². The van der Waals surface area contributed by atoms with Crippen LogP contribution in [0.4, 0.5) is 10.1 Å². The molecule has 1 N–H and O–H groups in total. The molecule has 29 heavy (non-hydrogen) atoms. The van der Waals surface area contributed by atoms with Gasteiger partial charge in [0, 0.05) is 18.7 Å². The van der Waals surface area contributed by atoms with Crippen LogP contribution in [0, 0.1) is 5.82 Å². The first kappa shape index (κ1) is 20.1. The average Bonchev–Trinajstić information content (AvgIpc) is 2.93. The highest BCUT2D eigenvalue weighted by molar-refractivity contribution is 7.92. The van der Waals surface area contributed by atoms with E-state index in [4.69, 9.17) is 23.2 Å². The van der Waals surface area contributed by atoms with Crippen LogP contribution in [0.25, 0.3) is 11.4 Å². The van der Waals surface area contributed by atoms with E-state index in [1.165, 1.54) is 36.4 Å². The van der Waals surface area contributed by atoms with Crippen molar-refractivity contribution in [2.75, 3.05) is 4.72 Å². The number of benzene rings is 2. The molecule has 0 saturated heterocycles. The summed E-state index contributed by atoms with van der Waals surface area (Å²) in [4.78, 5) is -0.158. The van der Waals surface area contributed by atoms with Gasteiger partial charge in [0.1, 0.15) is 16.5 Å². The van der Waals surface area contributed by atoms with Gasteiger partial charge < -0.3 is 4.57 Å². The van der Waals surface area contributed by atoms with Crippen LogP contribution in [-0.2, 0) is 23.0 Å². The maximum absolute atomic E-state index is 14.6. The Morgan fingerprint density at radius 3 is 2.72 bits per heavy atom. The molecule has 0 saturated carbocycles. The highest BCUT2D eigenvalue weighted by Crippen LogP contribution is 2.32. The molecule has 1 aliphatic heterocycles. The van der Waals surface area contributed by atoms with Crippen LogP contribution in [0.15, 0.2) is 41.3 Å². The van der Waals surface area contributed by atoms with Gasteiger partial charge in [-0.3, -0.25) is 4.72 Å². The highest BCUT2D eigenvalue weighted by Gasteiger charge is 2.22. The molecular weight excluding hydrogens is 438 g/mol. The van der Waals surface area contributed by atoms with E-state index in [0.29, 0.717) is 12.4 Å². The largest absolute Gasteiger partial charge is 0.311 e. The Morgan fingerprint density at radius 1 is 1.07 bits per heavy atom. The Labute approximate surface area is 177 Å². The molecule has 0 amide bonds. The lowest BCUT2D eigenvalue weighted by Crippen LogP contribution is -2.14. The second-order valence-electron chi connectivity index (χ2n) is 6.75. The predicted octanol–water partition coefficient (Wildman–Crippen LogP) is 4.92. The number of aromatic nitrogens is 3. The van der Waals surface area contributed by atoms with Crippen molar-refractivity contribution < 1.29 is 12.8 Å². The fraction of sp³-hybridized carbons (Fsp3) is 0.263. The molecular formula is C19H17Cl2FN4O2S. The Hall–Kier alpha value is -2.16. The predicted molar refractivity (Wildman–Crippen MR) is 110 cm³/mol. The lowest BCUT2D eigenvalue weighted by atomic mass is 10.1. The molecule has 0 unspecified atom stereocenters. The third-order valence-corrected chi connectivity index (χ3v) is 7.13. The van der Waals surface area contributed by atoms with Gasteiger partial charge in [-0.05, 0) is 43.2 Å². The molecule has 0 bridgehead atoms. The van der Waals surface area contributed by atoms with Gasteiger partial charge >= 0.3 is 0 Å². The summed E-state index contributed by atoms with van der Waals surface area (Å²) in [6, 6.07) is 8.28. The Morgan fingerprint density at radius 2 is 1.90 bits per heavy atom. The molecule has 1 aromatic heterocycles. The number of hydrogen-bond donors (Lipinski definition) is 1. The standard InChI is InChI=1S/C19H17Cl2FN4O2S/c20-14-5-4-6-16(18(14)21)29(27,28)25-12-8-9-15(22)13(11-12)19-24-23-17-7-2-1-3-10-26(17)19/h4-6,8-9,11,25H,1-3,7,10H2. The first-order valence-electron chi connectivity index (χ1n) is 9.05. The maximum Gasteiger partial charge on any atom is 0.263 e. The maximum atomic E-state index is 14.6. The van der Waals surface area contributed by atoms with Crippen molar-refractivity contribution in [2.45, 2.75) is 37.1 Å². The summed E-state index contributed by atoms with van der Waals surface area (Å²) in [5, 5.41) is 8.38. The summed E-state index contributed by atoms with van der Waals surface area (Å²) >= 11 is 12.0. The summed E-state index contributed by atoms with van der Waals surface area (Å²) < 4.78 is 44.4. The molecule has 2 heterocycles. The lowest BCUT2D eigenvalue weighted by molar-refractivity contribution is 0.601. The van der Waals surface area contributed by atoms with Gasteiger partial charge in [0.15, 0.2) is 5.82 Å². The number of aryl methyl sites for hydroxylation is 1. The van der Waals surface area contributed by atoms with Crippen molar-refractivity contribution in [1.29, 1.82) is 0 Å². The zero-order valence-corrected chi connectivity index (χ0v) is 17.5. The molecule has 1 aliphatic rings. The van der Waals surface area contributed by atoms with Gasteiger partial charge in [0.2, 0.25) is 0 Å². The van der Waals surface area contributed by atoms with Crippen LogP contribution in [0.3, 0.4) is 0 Å². The molecule has 0 aliphatic carbocycles. The second-order valence-corrected chi connectivity index (χ2v) is 9.19. The molecule has 2 aromatic carbocycles. The molecule has 6 nitrogen and oxygen atoms in total. The summed E-state index contributed by atoms with van der Waals surface area (Å²) in [5.41, 5.74) is 0.367. The molecule has 0 spiro atoms. The normalized spacial score (nSPS) is 14.3. The van der Waals surface area contributed by atoms with E-state index >= 15 is 0 Å². The molecule has 0 fully saturated rings. The summed E-state index contributed by atoms with van der Waals surface area (Å²) in [6.07, 6.45) is 3.83. The fourth-order valence-corrected chi connectivity index (χ4v) is 5.16. The van der Waals surface area contributed by atoms with Gasteiger partial charge in [-0.2, -0.15) is 0 Å². The number of nitrogens with one attached hydrogen (secondary N) is 1. The summed E-state index contributed by atoms with van der Waals surface area (Å²) in [6.45, 7) is 0.700. The van der Waals surface area contributed by atoms with E-state index in [1.54, 1.807) is 0 Å². The Bertz CT molecular complexity index is 1180. The van der Waals surface area contributed by atoms with E-state index in [1.807, 2.05) is 4.57 Å². The first-order valence-corrected chi connectivity index (χ1v) is 11.3. The summed E-state index contributed by atoms with van der Waals surface area (Å²) in [7, 11) is -4.02. The van der Waals surface area contributed by atoms with Crippen molar-refractivity contribution in [3.05, 3.63) is 58.1 Å². The third kappa shape index (κ3) is 3.97. The van der Waals surface area contributed by atoms with Crippen LogP contribution < -0.4 is 4.72 Å². The van der Waals surface area contributed by atoms with Gasteiger partial charge in [0.05, 0.1) is 15.6 Å². The van der Waals surface area contributed by atoms with Gasteiger partial charge in [-0.1, -0.05) is 35.7 Å². The zero-order chi connectivity index (χ0) is 20.6. The summed E-state index contributed by atoms with van der Waals surface area (Å²) in [5.74, 6) is 0.697. The Balaban J connectivity index is 1.71. The van der Waals surface area contributed by atoms with Crippen molar-refractivity contribution in [2.24, 2.45) is 0 Å². The quantitative estimate of drug-likeness (QED) is 0.606. The van der Waals surface area contributed by atoms with E-state index in [2.05, 4.69) is 14.9 Å². The fourth-order valence-electron chi connectivity index (χ4n) is 3.35. The number of halogens is 3. The molecule has 3 aromatic rings. The molecule has 10 heteroatoms. The zero-order valence-electron chi connectivity index (χ0n) is 15.2. The van der Waals surface area contributed by atoms with Crippen molar-refractivity contribution in [3.63, 3.8) is 0 Å². The number of anilines is 1. The van der Waals surface area contributed by atoms with E-state index in [-0.39, 0.29) is 26.2 Å². The minimum absolute atomic E-state index is 0.0771. The van der Waals surface area contributed by atoms with Crippen LogP contribution in [0.2, 0.25) is 10.0 Å². The van der Waals surface area contributed by atoms with E-state index < -0.39 is 15.8 Å². The molecule has 152 valence electrons. The van der Waals surface area contributed by atoms with Crippen LogP contribution in [0.5, 0.6) is 0 Å². The van der Waals surface area contributed by atoms with E-state index in [9.17, 15) is 12.8 Å². The van der Waals surface area contributed by atoms with E-state index in [0.717, 1.165) is 31.5 Å². The average molecular weight is 455 g/mol. The van der Waals surface area contributed by atoms with Gasteiger partial charge in [-0.15, -0.1) is 10.2 Å².